The number of esters is 1. The lowest BCUT2D eigenvalue weighted by molar-refractivity contribution is -0.143. The molecule has 0 bridgehead atoms. The number of hydrogen-bond acceptors (Lipinski definition) is 4. The largest absolute Gasteiger partial charge is 0.466 e. The minimum atomic E-state index is -0.0691. The fourth-order valence-electron chi connectivity index (χ4n) is 2.50. The summed E-state index contributed by atoms with van der Waals surface area (Å²) < 4.78 is 4.90. The van der Waals surface area contributed by atoms with Crippen molar-refractivity contribution < 1.29 is 9.53 Å². The van der Waals surface area contributed by atoms with E-state index >= 15 is 0 Å². The Morgan fingerprint density at radius 3 is 2.94 bits per heavy atom. The zero-order valence-corrected chi connectivity index (χ0v) is 10.8. The van der Waals surface area contributed by atoms with E-state index in [0.717, 1.165) is 19.0 Å². The first-order valence-electron chi connectivity index (χ1n) is 6.92. The molecular formula is C13H24N2O2. The molecule has 2 fully saturated rings. The molecule has 98 valence electrons. The number of carbonyl (C=O) groups excluding carboxylic acids is 1. The molecule has 1 aliphatic heterocycles. The van der Waals surface area contributed by atoms with Crippen molar-refractivity contribution in [3.05, 3.63) is 0 Å². The first-order valence-corrected chi connectivity index (χ1v) is 6.92. The SMILES string of the molecule is CCOC(=O)CCCNC1CCN(C2CC2)C1. The summed E-state index contributed by atoms with van der Waals surface area (Å²) in [4.78, 5) is 13.7. The maximum Gasteiger partial charge on any atom is 0.305 e. The van der Waals surface area contributed by atoms with Gasteiger partial charge in [-0.2, -0.15) is 0 Å². The van der Waals surface area contributed by atoms with Gasteiger partial charge in [0.1, 0.15) is 0 Å². The molecule has 1 N–H and O–H groups in total. The molecule has 1 unspecified atom stereocenters. The van der Waals surface area contributed by atoms with Crippen LogP contribution in [-0.4, -0.2) is 49.2 Å². The molecule has 0 aromatic rings. The van der Waals surface area contributed by atoms with Gasteiger partial charge in [-0.3, -0.25) is 9.69 Å². The third kappa shape index (κ3) is 4.28. The summed E-state index contributed by atoms with van der Waals surface area (Å²) in [5, 5.41) is 3.54. The van der Waals surface area contributed by atoms with Crippen LogP contribution in [0.1, 0.15) is 39.0 Å². The average Bonchev–Trinajstić information content (AvgIpc) is 3.06. The Morgan fingerprint density at radius 1 is 1.41 bits per heavy atom. The third-order valence-corrected chi connectivity index (χ3v) is 3.58. The summed E-state index contributed by atoms with van der Waals surface area (Å²) in [5.41, 5.74) is 0. The maximum atomic E-state index is 11.1. The highest BCUT2D eigenvalue weighted by molar-refractivity contribution is 5.69. The Hall–Kier alpha value is -0.610. The van der Waals surface area contributed by atoms with Gasteiger partial charge in [0.15, 0.2) is 0 Å². The van der Waals surface area contributed by atoms with E-state index < -0.39 is 0 Å². The van der Waals surface area contributed by atoms with Gasteiger partial charge in [-0.1, -0.05) is 0 Å². The van der Waals surface area contributed by atoms with Gasteiger partial charge in [-0.15, -0.1) is 0 Å². The zero-order chi connectivity index (χ0) is 12.1. The summed E-state index contributed by atoms with van der Waals surface area (Å²) in [6, 6.07) is 1.53. The Kier molecular flexibility index (Phi) is 4.80. The van der Waals surface area contributed by atoms with Gasteiger partial charge >= 0.3 is 5.97 Å². The fraction of sp³-hybridized carbons (Fsp3) is 0.923. The van der Waals surface area contributed by atoms with Crippen LogP contribution in [0.5, 0.6) is 0 Å². The van der Waals surface area contributed by atoms with Gasteiger partial charge in [0.25, 0.3) is 0 Å². The van der Waals surface area contributed by atoms with Crippen LogP contribution < -0.4 is 5.32 Å². The second-order valence-electron chi connectivity index (χ2n) is 5.07. The predicted molar refractivity (Wildman–Crippen MR) is 66.9 cm³/mol. The lowest BCUT2D eigenvalue weighted by Gasteiger charge is -2.15. The summed E-state index contributed by atoms with van der Waals surface area (Å²) in [6.07, 6.45) is 5.49. The molecule has 4 nitrogen and oxygen atoms in total. The van der Waals surface area contributed by atoms with E-state index in [4.69, 9.17) is 4.74 Å². The predicted octanol–water partition coefficient (Wildman–Crippen LogP) is 1.16. The van der Waals surface area contributed by atoms with E-state index in [0.29, 0.717) is 19.1 Å². The Labute approximate surface area is 104 Å². The molecule has 1 saturated heterocycles. The molecular weight excluding hydrogens is 216 g/mol. The van der Waals surface area contributed by atoms with Crippen molar-refractivity contribution in [1.29, 1.82) is 0 Å². The summed E-state index contributed by atoms with van der Waals surface area (Å²) >= 11 is 0. The molecule has 4 heteroatoms. The van der Waals surface area contributed by atoms with E-state index in [9.17, 15) is 4.79 Å². The second kappa shape index (κ2) is 6.36. The number of ether oxygens (including phenoxy) is 1. The number of carbonyl (C=O) groups is 1. The molecule has 2 rings (SSSR count). The van der Waals surface area contributed by atoms with Crippen molar-refractivity contribution in [2.75, 3.05) is 26.2 Å². The monoisotopic (exact) mass is 240 g/mol. The van der Waals surface area contributed by atoms with Gasteiger partial charge in [0.05, 0.1) is 6.61 Å². The van der Waals surface area contributed by atoms with Gasteiger partial charge in [0.2, 0.25) is 0 Å². The van der Waals surface area contributed by atoms with Gasteiger partial charge < -0.3 is 10.1 Å². The minimum absolute atomic E-state index is 0.0691. The van der Waals surface area contributed by atoms with E-state index in [1.165, 1.54) is 32.4 Å². The highest BCUT2D eigenvalue weighted by Gasteiger charge is 2.33. The molecule has 0 spiro atoms. The standard InChI is InChI=1S/C13H24N2O2/c1-2-17-13(16)4-3-8-14-11-7-9-15(10-11)12-5-6-12/h11-12,14H,2-10H2,1H3. The van der Waals surface area contributed by atoms with E-state index in [-0.39, 0.29) is 5.97 Å². The van der Waals surface area contributed by atoms with Crippen LogP contribution in [0.15, 0.2) is 0 Å². The van der Waals surface area contributed by atoms with Crippen LogP contribution in [0, 0.1) is 0 Å². The fourth-order valence-corrected chi connectivity index (χ4v) is 2.50. The van der Waals surface area contributed by atoms with Crippen molar-refractivity contribution in [3.63, 3.8) is 0 Å². The highest BCUT2D eigenvalue weighted by Crippen LogP contribution is 2.29. The van der Waals surface area contributed by atoms with Gasteiger partial charge in [0, 0.05) is 31.6 Å². The van der Waals surface area contributed by atoms with E-state index in [2.05, 4.69) is 10.2 Å². The summed E-state index contributed by atoms with van der Waals surface area (Å²) in [6.45, 7) is 5.72. The minimum Gasteiger partial charge on any atom is -0.466 e. The van der Waals surface area contributed by atoms with Crippen LogP contribution in [0.25, 0.3) is 0 Å². The quantitative estimate of drug-likeness (QED) is 0.535. The maximum absolute atomic E-state index is 11.1. The van der Waals surface area contributed by atoms with Crippen LogP contribution in [0.2, 0.25) is 0 Å². The Balaban J connectivity index is 1.49. The van der Waals surface area contributed by atoms with E-state index in [1.54, 1.807) is 0 Å². The van der Waals surface area contributed by atoms with Gasteiger partial charge in [-0.05, 0) is 39.2 Å². The first-order chi connectivity index (χ1) is 8.29. The number of rotatable bonds is 7. The normalized spacial score (nSPS) is 25.1. The zero-order valence-electron chi connectivity index (χ0n) is 10.8. The third-order valence-electron chi connectivity index (χ3n) is 3.58. The van der Waals surface area contributed by atoms with Gasteiger partial charge in [-0.25, -0.2) is 0 Å². The number of likely N-dealkylation sites (tertiary alicyclic amines) is 1. The van der Waals surface area contributed by atoms with Crippen LogP contribution >= 0.6 is 0 Å². The summed E-state index contributed by atoms with van der Waals surface area (Å²) in [7, 11) is 0. The van der Waals surface area contributed by atoms with Crippen LogP contribution in [-0.2, 0) is 9.53 Å². The number of hydrogen-bond donors (Lipinski definition) is 1. The molecule has 0 amide bonds. The van der Waals surface area contributed by atoms with Crippen molar-refractivity contribution in [3.8, 4) is 0 Å². The smallest absolute Gasteiger partial charge is 0.305 e. The van der Waals surface area contributed by atoms with E-state index in [1.807, 2.05) is 6.92 Å². The van der Waals surface area contributed by atoms with Crippen LogP contribution in [0.4, 0.5) is 0 Å². The molecule has 1 saturated carbocycles. The van der Waals surface area contributed by atoms with Crippen molar-refractivity contribution in [2.45, 2.75) is 51.1 Å². The van der Waals surface area contributed by atoms with Crippen LogP contribution in [0.3, 0.4) is 0 Å². The van der Waals surface area contributed by atoms with Crippen molar-refractivity contribution in [2.24, 2.45) is 0 Å². The average molecular weight is 240 g/mol. The molecule has 1 heterocycles. The number of nitrogens with one attached hydrogen (secondary N) is 1. The molecule has 17 heavy (non-hydrogen) atoms. The first kappa shape index (κ1) is 12.8. The molecule has 0 aromatic heterocycles. The molecule has 0 radical (unpaired) electrons. The molecule has 2 aliphatic rings. The molecule has 1 atom stereocenters. The molecule has 1 aliphatic carbocycles. The lowest BCUT2D eigenvalue weighted by Crippen LogP contribution is -2.34. The highest BCUT2D eigenvalue weighted by atomic mass is 16.5. The Bertz CT molecular complexity index is 254. The summed E-state index contributed by atoms with van der Waals surface area (Å²) in [5.74, 6) is -0.0691. The number of nitrogens with zero attached hydrogens (tertiary/aromatic N) is 1. The van der Waals surface area contributed by atoms with Crippen molar-refractivity contribution in [1.82, 2.24) is 10.2 Å². The topological polar surface area (TPSA) is 41.6 Å². The second-order valence-corrected chi connectivity index (χ2v) is 5.07. The lowest BCUT2D eigenvalue weighted by atomic mass is 10.2. The molecule has 0 aromatic carbocycles. The van der Waals surface area contributed by atoms with Crippen molar-refractivity contribution >= 4 is 5.97 Å². The Morgan fingerprint density at radius 2 is 2.24 bits per heavy atom.